The number of nitrogens with one attached hydrogen (secondary N) is 1. The van der Waals surface area contributed by atoms with Crippen LogP contribution in [0.3, 0.4) is 0 Å². The third kappa shape index (κ3) is 3.75. The molecule has 7 nitrogen and oxygen atoms in total. The van der Waals surface area contributed by atoms with E-state index in [9.17, 15) is 10.2 Å². The van der Waals surface area contributed by atoms with Gasteiger partial charge in [0.05, 0.1) is 17.3 Å². The standard InChI is InChI=1S/C27H29N5O2/c1-16-21-11-12-32(27(21)29-15-28-16)23-14-19(25(33)26(23)34)8-6-17-5-7-18-9-10-24(31-22(18)13-17)30-20-3-2-4-20/h5,7,9-15,20,23,25-26,33-34H,2-4,6,8H2,1H3,(H,30,31)/t23-,25-,26+/m1/s1. The van der Waals surface area contributed by atoms with Crippen LogP contribution in [0, 0.1) is 6.92 Å². The van der Waals surface area contributed by atoms with E-state index in [-0.39, 0.29) is 6.04 Å². The van der Waals surface area contributed by atoms with Crippen molar-refractivity contribution in [3.05, 3.63) is 71.8 Å². The Balaban J connectivity index is 1.21. The summed E-state index contributed by atoms with van der Waals surface area (Å²) in [5, 5.41) is 27.2. The molecule has 2 aliphatic rings. The van der Waals surface area contributed by atoms with E-state index in [1.54, 1.807) is 0 Å². The largest absolute Gasteiger partial charge is 0.388 e. The highest BCUT2D eigenvalue weighted by molar-refractivity contribution is 5.81. The SMILES string of the molecule is Cc1ncnc2c1ccn2[C@@H]1C=C(CCc2ccc3ccc(NC4CCC4)nc3c2)[C@@H](O)[C@H]1O. The average Bonchev–Trinajstić information content (AvgIpc) is 3.37. The summed E-state index contributed by atoms with van der Waals surface area (Å²) < 4.78 is 1.93. The number of pyridine rings is 1. The first kappa shape index (κ1) is 21.3. The Bertz CT molecular complexity index is 1390. The number of hydrogen-bond donors (Lipinski definition) is 3. The van der Waals surface area contributed by atoms with Gasteiger partial charge in [0, 0.05) is 23.0 Å². The Kier molecular flexibility index (Phi) is 5.31. The predicted molar refractivity (Wildman–Crippen MR) is 133 cm³/mol. The van der Waals surface area contributed by atoms with Gasteiger partial charge in [-0.15, -0.1) is 0 Å². The summed E-state index contributed by atoms with van der Waals surface area (Å²) >= 11 is 0. The molecule has 0 bridgehead atoms. The number of aliphatic hydroxyl groups excluding tert-OH is 2. The molecule has 1 fully saturated rings. The lowest BCUT2D eigenvalue weighted by molar-refractivity contribution is 0.0317. The van der Waals surface area contributed by atoms with Gasteiger partial charge in [-0.1, -0.05) is 18.2 Å². The molecular formula is C27H29N5O2. The Morgan fingerprint density at radius 3 is 2.74 bits per heavy atom. The van der Waals surface area contributed by atoms with Gasteiger partial charge in [0.2, 0.25) is 0 Å². The average molecular weight is 456 g/mol. The summed E-state index contributed by atoms with van der Waals surface area (Å²) in [5.74, 6) is 0.937. The van der Waals surface area contributed by atoms with E-state index < -0.39 is 12.2 Å². The minimum Gasteiger partial charge on any atom is -0.388 e. The smallest absolute Gasteiger partial charge is 0.144 e. The topological polar surface area (TPSA) is 96.1 Å². The maximum Gasteiger partial charge on any atom is 0.144 e. The molecule has 3 heterocycles. The highest BCUT2D eigenvalue weighted by atomic mass is 16.3. The zero-order valence-corrected chi connectivity index (χ0v) is 19.2. The summed E-state index contributed by atoms with van der Waals surface area (Å²) in [6.45, 7) is 1.94. The first-order chi connectivity index (χ1) is 16.6. The van der Waals surface area contributed by atoms with Crippen LogP contribution in [0.2, 0.25) is 0 Å². The quantitative estimate of drug-likeness (QED) is 0.379. The molecule has 7 heteroatoms. The summed E-state index contributed by atoms with van der Waals surface area (Å²) in [6.07, 6.45) is 8.83. The summed E-state index contributed by atoms with van der Waals surface area (Å²) in [7, 11) is 0. The fraction of sp³-hybridized carbons (Fsp3) is 0.370. The maximum atomic E-state index is 10.8. The van der Waals surface area contributed by atoms with E-state index in [2.05, 4.69) is 45.6 Å². The van der Waals surface area contributed by atoms with Crippen LogP contribution in [0.1, 0.15) is 43.0 Å². The molecule has 0 amide bonds. The number of aliphatic hydroxyl groups is 2. The number of aryl methyl sites for hydroxylation is 2. The minimum absolute atomic E-state index is 0.352. The Morgan fingerprint density at radius 2 is 1.91 bits per heavy atom. The van der Waals surface area contributed by atoms with Crippen LogP contribution in [0.4, 0.5) is 5.82 Å². The van der Waals surface area contributed by atoms with Crippen LogP contribution in [0.25, 0.3) is 21.9 Å². The van der Waals surface area contributed by atoms with Crippen molar-refractivity contribution in [1.82, 2.24) is 19.5 Å². The molecule has 34 heavy (non-hydrogen) atoms. The molecule has 0 radical (unpaired) electrons. The number of rotatable bonds is 6. The highest BCUT2D eigenvalue weighted by Gasteiger charge is 2.36. The van der Waals surface area contributed by atoms with Gasteiger partial charge in [-0.2, -0.15) is 0 Å². The van der Waals surface area contributed by atoms with Gasteiger partial charge >= 0.3 is 0 Å². The van der Waals surface area contributed by atoms with Gasteiger partial charge in [0.15, 0.2) is 0 Å². The van der Waals surface area contributed by atoms with Gasteiger partial charge in [-0.3, -0.25) is 0 Å². The second-order valence-electron chi connectivity index (χ2n) is 9.58. The molecule has 1 saturated carbocycles. The van der Waals surface area contributed by atoms with Crippen molar-refractivity contribution in [2.24, 2.45) is 0 Å². The van der Waals surface area contributed by atoms with Crippen molar-refractivity contribution in [3.63, 3.8) is 0 Å². The van der Waals surface area contributed by atoms with E-state index in [4.69, 9.17) is 4.98 Å². The zero-order valence-electron chi connectivity index (χ0n) is 19.2. The first-order valence-electron chi connectivity index (χ1n) is 12.1. The molecule has 1 aromatic carbocycles. The minimum atomic E-state index is -0.903. The lowest BCUT2D eigenvalue weighted by atomic mass is 9.93. The van der Waals surface area contributed by atoms with Gasteiger partial charge in [-0.05, 0) is 74.4 Å². The number of aromatic nitrogens is 4. The summed E-state index contributed by atoms with van der Waals surface area (Å²) in [6, 6.07) is 12.7. The molecular weight excluding hydrogens is 426 g/mol. The first-order valence-corrected chi connectivity index (χ1v) is 12.1. The third-order valence-corrected chi connectivity index (χ3v) is 7.38. The number of anilines is 1. The highest BCUT2D eigenvalue weighted by Crippen LogP contribution is 2.34. The van der Waals surface area contributed by atoms with Crippen molar-refractivity contribution in [2.45, 2.75) is 63.3 Å². The number of nitrogens with zero attached hydrogens (tertiary/aromatic N) is 4. The molecule has 0 spiro atoms. The molecule has 4 aromatic rings. The van der Waals surface area contributed by atoms with Crippen molar-refractivity contribution in [2.75, 3.05) is 5.32 Å². The van der Waals surface area contributed by atoms with Crippen molar-refractivity contribution in [1.29, 1.82) is 0 Å². The molecule has 2 aliphatic carbocycles. The molecule has 3 atom stereocenters. The number of benzene rings is 1. The van der Waals surface area contributed by atoms with Crippen LogP contribution < -0.4 is 5.32 Å². The van der Waals surface area contributed by atoms with Crippen LogP contribution in [0.5, 0.6) is 0 Å². The number of hydrogen-bond acceptors (Lipinski definition) is 6. The molecule has 3 N–H and O–H groups in total. The van der Waals surface area contributed by atoms with Crippen LogP contribution in [-0.2, 0) is 6.42 Å². The Hall–Kier alpha value is -3.29. The lowest BCUT2D eigenvalue weighted by Gasteiger charge is -2.26. The van der Waals surface area contributed by atoms with E-state index in [1.807, 2.05) is 29.8 Å². The van der Waals surface area contributed by atoms with Crippen molar-refractivity contribution in [3.8, 4) is 0 Å². The third-order valence-electron chi connectivity index (χ3n) is 7.38. The normalized spacial score (nSPS) is 22.8. The molecule has 0 unspecified atom stereocenters. The van der Waals surface area contributed by atoms with E-state index in [0.29, 0.717) is 12.5 Å². The predicted octanol–water partition coefficient (Wildman–Crippen LogP) is 4.09. The van der Waals surface area contributed by atoms with E-state index >= 15 is 0 Å². The van der Waals surface area contributed by atoms with Gasteiger partial charge in [0.1, 0.15) is 30.0 Å². The van der Waals surface area contributed by atoms with Crippen molar-refractivity contribution >= 4 is 27.8 Å². The second kappa shape index (κ2) is 8.49. The summed E-state index contributed by atoms with van der Waals surface area (Å²) in [5.41, 5.74) is 4.68. The molecule has 3 aromatic heterocycles. The Morgan fingerprint density at radius 1 is 1.06 bits per heavy atom. The maximum absolute atomic E-state index is 10.8. The van der Waals surface area contributed by atoms with Gasteiger partial charge in [0.25, 0.3) is 0 Å². The lowest BCUT2D eigenvalue weighted by Crippen LogP contribution is -2.29. The van der Waals surface area contributed by atoms with Gasteiger partial charge < -0.3 is 20.1 Å². The molecule has 6 rings (SSSR count). The Labute approximate surface area is 198 Å². The van der Waals surface area contributed by atoms with Crippen LogP contribution in [0.15, 0.2) is 60.6 Å². The fourth-order valence-electron chi connectivity index (χ4n) is 5.09. The van der Waals surface area contributed by atoms with E-state index in [1.165, 1.54) is 31.2 Å². The monoisotopic (exact) mass is 455 g/mol. The van der Waals surface area contributed by atoms with E-state index in [0.717, 1.165) is 45.4 Å². The zero-order chi connectivity index (χ0) is 23.2. The second-order valence-corrected chi connectivity index (χ2v) is 9.58. The number of fused-ring (bicyclic) bond motifs is 2. The molecule has 0 aliphatic heterocycles. The molecule has 0 saturated heterocycles. The van der Waals surface area contributed by atoms with Gasteiger partial charge in [-0.25, -0.2) is 15.0 Å². The summed E-state index contributed by atoms with van der Waals surface area (Å²) in [4.78, 5) is 13.5. The van der Waals surface area contributed by atoms with Crippen LogP contribution >= 0.6 is 0 Å². The fourth-order valence-corrected chi connectivity index (χ4v) is 5.09. The molecule has 174 valence electrons. The van der Waals surface area contributed by atoms with Crippen molar-refractivity contribution < 1.29 is 10.2 Å². The van der Waals surface area contributed by atoms with Crippen LogP contribution in [-0.4, -0.2) is 48.0 Å².